The number of piperazine rings is 4. The minimum Gasteiger partial charge on any atom is -0.381 e. The van der Waals surface area contributed by atoms with Gasteiger partial charge in [0.25, 0.3) is 0 Å². The predicted molar refractivity (Wildman–Crippen MR) is 480 cm³/mol. The number of aromatic nitrogens is 8. The number of rotatable bonds is 16. The molecule has 12 aliphatic heterocycles. The lowest BCUT2D eigenvalue weighted by molar-refractivity contribution is -0.118. The van der Waals surface area contributed by atoms with Crippen molar-refractivity contribution in [3.05, 3.63) is 203 Å². The van der Waals surface area contributed by atoms with E-state index in [0.717, 1.165) is 148 Å². The first-order valence-electron chi connectivity index (χ1n) is 42.8. The van der Waals surface area contributed by atoms with Crippen LogP contribution in [0, 0.1) is 25.5 Å². The summed E-state index contributed by atoms with van der Waals surface area (Å²) < 4.78 is 88.6. The van der Waals surface area contributed by atoms with E-state index in [1.807, 2.05) is 70.5 Å². The number of nitrogens with one attached hydrogen (secondary N) is 4. The van der Waals surface area contributed by atoms with E-state index in [2.05, 4.69) is 113 Å². The highest BCUT2D eigenvalue weighted by atomic mass is 32.2. The fourth-order valence-corrected chi connectivity index (χ4v) is 23.7. The van der Waals surface area contributed by atoms with Crippen LogP contribution in [0.1, 0.15) is 72.4 Å². The smallest absolute Gasteiger partial charge is 0.246 e. The van der Waals surface area contributed by atoms with Gasteiger partial charge in [-0.3, -0.25) is 26.4 Å². The maximum Gasteiger partial charge on any atom is 0.246 e. The standard InChI is InChI=1S/C24H24FN5OS.C23H29N5O2S.C22H20FN5O2S.C21H25N5O3S/c1-15-5-7-18(8-6-15)29-13-20-12-19(29)14-30(20)24-27-21-9-10-32(31)22(21)23(28-24)26-17-4-2-3-16(25)11-17;1-15-2-4-17(5-3-15)27-13-19-12-18(27)14-28(19)23-25-20-8-11-31(29)21(20)22(26-23)24-16-6-9-30-10-7-16;23-15-5-4-6-16(13-15)24-21-20-18(9-12-31(20)30)25-22(26-21)27-10-11-28(19(29)14-27)17-7-2-1-3-8-17;27-18-14-25(9-10-26(18)16-4-2-1-3-5-16)21-23-17-8-13-30(28)19(17)20(24-21)22-15-6-11-29-12-7-15/h2-8,11,19-20H,9-10,12-14H2,1H3,(H,26,27,28);2-5,16,18-19H,6-14H2,1H3,(H,24,25,26);1-8,13H,9-12,14H2,(H,24,25,26);1-5,15H,6-14H2,(H,22,23,24)/t19-,20?,32?;18-,19?,31?;;/m11../s1. The first-order chi connectivity index (χ1) is 60.5. The zero-order valence-corrected chi connectivity index (χ0v) is 72.4. The van der Waals surface area contributed by atoms with Crippen LogP contribution in [0.15, 0.2) is 177 Å². The Morgan fingerprint density at radius 2 is 0.710 bits per heavy atom. The summed E-state index contributed by atoms with van der Waals surface area (Å²) in [5, 5.41) is 13.4. The summed E-state index contributed by atoms with van der Waals surface area (Å²) in [6.07, 6.45) is 8.64. The molecule has 34 heteroatoms. The highest BCUT2D eigenvalue weighted by molar-refractivity contribution is 7.86. The molecular weight excluding hydrogens is 1660 g/mol. The van der Waals surface area contributed by atoms with E-state index in [1.54, 1.807) is 34.1 Å². The second kappa shape index (κ2) is 36.3. The fraction of sp³-hybridized carbons (Fsp3) is 0.400. The lowest BCUT2D eigenvalue weighted by Crippen LogP contribution is -2.51. The van der Waals surface area contributed by atoms with Crippen molar-refractivity contribution in [2.75, 3.05) is 175 Å². The molecule has 4 aromatic heterocycles. The summed E-state index contributed by atoms with van der Waals surface area (Å²) in [5.74, 6) is 6.39. The van der Waals surface area contributed by atoms with Gasteiger partial charge in [-0.15, -0.1) is 0 Å². The van der Waals surface area contributed by atoms with E-state index in [0.29, 0.717) is 161 Å². The Hall–Kier alpha value is -11.0. The van der Waals surface area contributed by atoms with Gasteiger partial charge in [-0.1, -0.05) is 83.9 Å². The maximum atomic E-state index is 13.7. The number of anilines is 14. The molecule has 8 fully saturated rings. The molecule has 8 atom stereocenters. The van der Waals surface area contributed by atoms with Gasteiger partial charge in [0, 0.05) is 186 Å². The van der Waals surface area contributed by atoms with Gasteiger partial charge in [-0.25, -0.2) is 28.7 Å². The van der Waals surface area contributed by atoms with Gasteiger partial charge in [-0.05, 0) is 137 Å². The summed E-state index contributed by atoms with van der Waals surface area (Å²) in [5.41, 5.74) is 11.4. The van der Waals surface area contributed by atoms with Crippen LogP contribution in [-0.4, -0.2) is 220 Å². The van der Waals surface area contributed by atoms with Crippen LogP contribution in [0.5, 0.6) is 0 Å². The molecule has 0 saturated carbocycles. The Labute approximate surface area is 728 Å². The van der Waals surface area contributed by atoms with Crippen molar-refractivity contribution in [1.82, 2.24) is 39.9 Å². The van der Waals surface area contributed by atoms with E-state index >= 15 is 0 Å². The van der Waals surface area contributed by atoms with Crippen LogP contribution in [0.25, 0.3) is 0 Å². The third-order valence-corrected chi connectivity index (χ3v) is 30.7. The van der Waals surface area contributed by atoms with Crippen LogP contribution >= 0.6 is 0 Å². The molecule has 0 aliphatic carbocycles. The summed E-state index contributed by atoms with van der Waals surface area (Å²) in [7, 11) is -4.43. The first kappa shape index (κ1) is 82.6. The van der Waals surface area contributed by atoms with Crippen molar-refractivity contribution in [3.63, 3.8) is 0 Å². The molecule has 0 spiro atoms. The van der Waals surface area contributed by atoms with Crippen LogP contribution in [0.4, 0.5) is 90.0 Å². The molecule has 644 valence electrons. The number of aryl methyl sites for hydroxylation is 6. The molecule has 22 rings (SSSR count). The van der Waals surface area contributed by atoms with Gasteiger partial charge in [-0.2, -0.15) is 19.9 Å². The Bertz CT molecular complexity index is 5750. The number of fused-ring (bicyclic) bond motifs is 8. The van der Waals surface area contributed by atoms with Gasteiger partial charge >= 0.3 is 0 Å². The van der Waals surface area contributed by atoms with Gasteiger partial charge in [0.2, 0.25) is 35.6 Å². The molecule has 10 aromatic rings. The largest absolute Gasteiger partial charge is 0.381 e. The molecule has 12 aliphatic rings. The number of nitrogens with zero attached hydrogens (tertiary/aromatic N) is 16. The third-order valence-electron chi connectivity index (χ3n) is 24.9. The number of para-hydroxylation sites is 2. The van der Waals surface area contributed by atoms with Crippen molar-refractivity contribution >= 4 is 136 Å². The molecule has 0 radical (unpaired) electrons. The summed E-state index contributed by atoms with van der Waals surface area (Å²) in [4.78, 5) is 83.5. The number of amides is 2. The van der Waals surface area contributed by atoms with E-state index in [1.165, 1.54) is 46.8 Å². The minimum absolute atomic E-state index is 0.0269. The van der Waals surface area contributed by atoms with Gasteiger partial charge in [0.05, 0.1) is 78.1 Å². The number of halogens is 2. The Kier molecular flexibility index (Phi) is 24.1. The molecule has 8 saturated heterocycles. The van der Waals surface area contributed by atoms with Crippen LogP contribution in [-0.2, 0) is 87.9 Å². The van der Waals surface area contributed by atoms with Gasteiger partial charge in [0.15, 0.2) is 11.6 Å². The Morgan fingerprint density at radius 3 is 1.07 bits per heavy atom. The first-order valence-corrected chi connectivity index (χ1v) is 48.1. The Balaban J connectivity index is 0.000000108. The monoisotopic (exact) mass is 1750 g/mol. The number of carbonyl (C=O) groups is 2. The number of ether oxygens (including phenoxy) is 2. The van der Waals surface area contributed by atoms with Crippen molar-refractivity contribution < 1.29 is 44.7 Å². The molecule has 16 heterocycles. The van der Waals surface area contributed by atoms with Crippen molar-refractivity contribution in [1.29, 1.82) is 0 Å². The molecule has 124 heavy (non-hydrogen) atoms. The van der Waals surface area contributed by atoms with E-state index in [9.17, 15) is 35.2 Å². The topological polar surface area (TPSA) is 298 Å². The van der Waals surface area contributed by atoms with Gasteiger partial charge in [0.1, 0.15) is 55.9 Å². The minimum atomic E-state index is -1.21. The average molecular weight is 1750 g/mol. The maximum absolute atomic E-state index is 13.7. The SMILES string of the molecule is Cc1ccc(N2CC3C[C@@H]2CN3c2nc3c(c(NC4CCOCC4)n2)S(=O)CC3)cc1.Cc1ccc(N2CC3C[C@@H]2CN3c2nc3c(c(Nc4cccc(F)c4)n2)S(=O)CC3)cc1.O=C1CN(c2nc3c(c(NC4CCOCC4)n2)S(=O)CC3)CCN1c1ccccc1.O=C1CN(c2nc3c(c(Nc4cccc(F)c4)n2)S(=O)CC3)CCN1c1ccccc1. The highest BCUT2D eigenvalue weighted by Crippen LogP contribution is 2.43. The molecule has 28 nitrogen and oxygen atoms in total. The quantitative estimate of drug-likeness (QED) is 0.0699. The van der Waals surface area contributed by atoms with Crippen molar-refractivity contribution in [2.24, 2.45) is 0 Å². The number of benzene rings is 6. The second-order valence-electron chi connectivity index (χ2n) is 33.1. The average Bonchev–Trinajstić information content (AvgIpc) is 1.60. The Morgan fingerprint density at radius 1 is 0.371 bits per heavy atom. The van der Waals surface area contributed by atoms with E-state index in [-0.39, 0.29) is 42.6 Å². The normalized spacial score (nSPS) is 23.0. The van der Waals surface area contributed by atoms with Crippen LogP contribution < -0.4 is 60.5 Å². The number of hydrogen-bond acceptors (Lipinski definition) is 26. The molecule has 6 aromatic carbocycles. The van der Waals surface area contributed by atoms with E-state index in [4.69, 9.17) is 39.4 Å². The summed E-state index contributed by atoms with van der Waals surface area (Å²) in [6.45, 7) is 13.7. The lowest BCUT2D eigenvalue weighted by atomic mass is 10.1. The van der Waals surface area contributed by atoms with Crippen LogP contribution in [0.3, 0.4) is 0 Å². The predicted octanol–water partition coefficient (Wildman–Crippen LogP) is 10.8. The molecule has 4 bridgehead atoms. The van der Waals surface area contributed by atoms with Crippen molar-refractivity contribution in [2.45, 2.75) is 134 Å². The molecule has 6 unspecified atom stereocenters. The third kappa shape index (κ3) is 17.7. The lowest BCUT2D eigenvalue weighted by Gasteiger charge is -2.36. The number of hydrogen-bond donors (Lipinski definition) is 4. The fourth-order valence-electron chi connectivity index (χ4n) is 18.5. The zero-order valence-electron chi connectivity index (χ0n) is 69.1. The molecule has 4 N–H and O–H groups in total. The summed E-state index contributed by atoms with van der Waals surface area (Å²) in [6, 6.07) is 51.4. The highest BCUT2D eigenvalue weighted by Gasteiger charge is 2.47. The zero-order chi connectivity index (χ0) is 84.6. The second-order valence-corrected chi connectivity index (χ2v) is 39.1. The van der Waals surface area contributed by atoms with E-state index < -0.39 is 43.2 Å². The van der Waals surface area contributed by atoms with Gasteiger partial charge < -0.3 is 69.9 Å². The molecule has 2 amide bonds. The van der Waals surface area contributed by atoms with Crippen molar-refractivity contribution in [3.8, 4) is 0 Å². The molecular formula is C90H98F2N20O8S4. The summed E-state index contributed by atoms with van der Waals surface area (Å²) >= 11 is 0. The van der Waals surface area contributed by atoms with Crippen LogP contribution in [0.2, 0.25) is 0 Å². The number of carbonyl (C=O) groups excluding carboxylic acids is 2.